The van der Waals surface area contributed by atoms with Gasteiger partial charge in [0.15, 0.2) is 17.1 Å². The van der Waals surface area contributed by atoms with Gasteiger partial charge in [-0.05, 0) is 39.2 Å². The molecule has 2 amide bonds. The standard InChI is InChI=1S/C26H31FN4O8/c1-4-31(9(2)3)8-15(32)30-14-7-13(27)11-5-10-6-12-19(28)22(35)18(25(29)38)24(37)26(12,39)23(36)16(10)21(34)17(11)20(14)33/h7,9-10,12,19,33-34,37,39H,4-6,8,28H2,1-3H3,(H2,29,38)(H,30,32)/t10-,12-,19-,26-/m0/s1. The van der Waals surface area contributed by atoms with E-state index in [4.69, 9.17) is 11.5 Å². The number of aliphatic hydroxyl groups is 3. The molecule has 3 aliphatic rings. The number of nitrogens with two attached hydrogens (primary N) is 2. The monoisotopic (exact) mass is 546 g/mol. The number of carbonyl (C=O) groups excluding carboxylic acids is 4. The van der Waals surface area contributed by atoms with Gasteiger partial charge in [-0.1, -0.05) is 6.92 Å². The van der Waals surface area contributed by atoms with E-state index in [1.165, 1.54) is 0 Å². The van der Waals surface area contributed by atoms with Gasteiger partial charge < -0.3 is 37.2 Å². The van der Waals surface area contributed by atoms with E-state index in [2.05, 4.69) is 5.32 Å². The van der Waals surface area contributed by atoms with Crippen molar-refractivity contribution < 1.29 is 44.0 Å². The van der Waals surface area contributed by atoms with Crippen molar-refractivity contribution in [1.82, 2.24) is 4.90 Å². The maximum absolute atomic E-state index is 15.3. The Morgan fingerprint density at radius 2 is 1.90 bits per heavy atom. The normalized spacial score (nSPS) is 26.5. The van der Waals surface area contributed by atoms with Crippen molar-refractivity contribution in [3.63, 3.8) is 0 Å². The molecule has 1 saturated carbocycles. The molecule has 4 rings (SSSR count). The van der Waals surface area contributed by atoms with Crippen LogP contribution in [0.5, 0.6) is 5.75 Å². The number of phenols is 1. The zero-order valence-electron chi connectivity index (χ0n) is 21.6. The number of hydrogen-bond donors (Lipinski definition) is 7. The quantitative estimate of drug-likeness (QED) is 0.189. The number of likely N-dealkylation sites (N-methyl/N-ethyl adjacent to an activating group) is 1. The Morgan fingerprint density at radius 3 is 2.46 bits per heavy atom. The van der Waals surface area contributed by atoms with Gasteiger partial charge in [0.05, 0.1) is 23.8 Å². The lowest BCUT2D eigenvalue weighted by atomic mass is 9.58. The SMILES string of the molecule is CCN(CC(=O)Nc1cc(F)c2c(c1O)C(O)=C1C(=O)[C@]3(O)C(O)=C(C(N)=O)C(=O)[C@@H](N)[C@@H]3C[C@@H]1C2)C(C)C. The van der Waals surface area contributed by atoms with Crippen molar-refractivity contribution >= 4 is 34.8 Å². The summed E-state index contributed by atoms with van der Waals surface area (Å²) >= 11 is 0. The highest BCUT2D eigenvalue weighted by molar-refractivity contribution is 6.24. The highest BCUT2D eigenvalue weighted by Crippen LogP contribution is 2.52. The molecule has 0 unspecified atom stereocenters. The predicted octanol–water partition coefficient (Wildman–Crippen LogP) is 0.169. The lowest BCUT2D eigenvalue weighted by Gasteiger charge is -2.48. The number of rotatable bonds is 6. The lowest BCUT2D eigenvalue weighted by molar-refractivity contribution is -0.149. The summed E-state index contributed by atoms with van der Waals surface area (Å²) in [5.41, 5.74) is 5.84. The Morgan fingerprint density at radius 1 is 1.26 bits per heavy atom. The molecule has 0 bridgehead atoms. The molecule has 0 aromatic heterocycles. The summed E-state index contributed by atoms with van der Waals surface area (Å²) in [6, 6.07) is -0.650. The van der Waals surface area contributed by atoms with Gasteiger partial charge in [0, 0.05) is 29.2 Å². The van der Waals surface area contributed by atoms with Crippen LogP contribution in [-0.4, -0.2) is 79.5 Å². The molecule has 1 aromatic rings. The smallest absolute Gasteiger partial charge is 0.255 e. The zero-order valence-corrected chi connectivity index (χ0v) is 21.6. The van der Waals surface area contributed by atoms with Crippen LogP contribution in [-0.2, 0) is 25.6 Å². The molecule has 1 aromatic carbocycles. The average Bonchev–Trinajstić information content (AvgIpc) is 2.85. The van der Waals surface area contributed by atoms with Crippen molar-refractivity contribution in [2.45, 2.75) is 51.3 Å². The summed E-state index contributed by atoms with van der Waals surface area (Å²) in [4.78, 5) is 52.4. The number of primary amides is 1. The van der Waals surface area contributed by atoms with E-state index >= 15 is 4.39 Å². The molecule has 0 spiro atoms. The van der Waals surface area contributed by atoms with Crippen LogP contribution in [0, 0.1) is 17.7 Å². The van der Waals surface area contributed by atoms with E-state index in [-0.39, 0.29) is 36.7 Å². The molecule has 9 N–H and O–H groups in total. The molecular weight excluding hydrogens is 515 g/mol. The van der Waals surface area contributed by atoms with Gasteiger partial charge in [0.2, 0.25) is 11.7 Å². The molecule has 3 aliphatic carbocycles. The molecule has 1 fully saturated rings. The molecule has 210 valence electrons. The van der Waals surface area contributed by atoms with E-state index in [0.29, 0.717) is 6.54 Å². The zero-order chi connectivity index (χ0) is 29.1. The third-order valence-electron chi connectivity index (χ3n) is 7.95. The molecule has 12 nitrogen and oxygen atoms in total. The van der Waals surface area contributed by atoms with Gasteiger partial charge in [-0.15, -0.1) is 0 Å². The number of ketones is 2. The van der Waals surface area contributed by atoms with Crippen LogP contribution in [0.4, 0.5) is 10.1 Å². The van der Waals surface area contributed by atoms with Gasteiger partial charge in [-0.2, -0.15) is 0 Å². The third-order valence-corrected chi connectivity index (χ3v) is 7.95. The Bertz CT molecular complexity index is 1370. The number of anilines is 1. The first-order chi connectivity index (χ1) is 18.2. The van der Waals surface area contributed by atoms with Crippen LogP contribution >= 0.6 is 0 Å². The van der Waals surface area contributed by atoms with Crippen molar-refractivity contribution in [2.75, 3.05) is 18.4 Å². The van der Waals surface area contributed by atoms with Crippen molar-refractivity contribution in [2.24, 2.45) is 23.3 Å². The first kappa shape index (κ1) is 28.2. The Labute approximate surface area is 222 Å². The second-order valence-electron chi connectivity index (χ2n) is 10.4. The van der Waals surface area contributed by atoms with Crippen LogP contribution in [0.15, 0.2) is 23.0 Å². The molecule has 0 radical (unpaired) electrons. The molecular formula is C26H31FN4O8. The number of carbonyl (C=O) groups is 4. The Hall–Kier alpha value is -3.81. The van der Waals surface area contributed by atoms with Gasteiger partial charge in [0.1, 0.15) is 22.9 Å². The van der Waals surface area contributed by atoms with E-state index in [1.54, 1.807) is 0 Å². The van der Waals surface area contributed by atoms with Gasteiger partial charge in [-0.25, -0.2) is 4.39 Å². The van der Waals surface area contributed by atoms with Crippen molar-refractivity contribution in [3.8, 4) is 5.75 Å². The van der Waals surface area contributed by atoms with Crippen LogP contribution in [0.1, 0.15) is 38.3 Å². The maximum Gasteiger partial charge on any atom is 0.255 e. The number of hydrogen-bond acceptors (Lipinski definition) is 10. The number of benzene rings is 1. The number of nitrogens with zero attached hydrogens (tertiary/aromatic N) is 1. The highest BCUT2D eigenvalue weighted by Gasteiger charge is 2.63. The van der Waals surface area contributed by atoms with Gasteiger partial charge in [0.25, 0.3) is 5.91 Å². The minimum Gasteiger partial charge on any atom is -0.508 e. The number of amides is 2. The number of aliphatic hydroxyl groups excluding tert-OH is 2. The number of phenolic OH excluding ortho intramolecular Hbond substituents is 1. The van der Waals surface area contributed by atoms with Gasteiger partial charge in [-0.3, -0.25) is 24.1 Å². The second-order valence-corrected chi connectivity index (χ2v) is 10.4. The Kier molecular flexibility index (Phi) is 7.04. The van der Waals surface area contributed by atoms with E-state index < -0.39 is 86.7 Å². The third kappa shape index (κ3) is 4.17. The predicted molar refractivity (Wildman–Crippen MR) is 136 cm³/mol. The molecule has 0 saturated heterocycles. The molecule has 0 heterocycles. The fraction of sp³-hybridized carbons (Fsp3) is 0.462. The topological polar surface area (TPSA) is 217 Å². The average molecular weight is 547 g/mol. The first-order valence-corrected chi connectivity index (χ1v) is 12.5. The number of Topliss-reactive ketones (excluding diaryl/α,β-unsaturated/α-hetero) is 2. The summed E-state index contributed by atoms with van der Waals surface area (Å²) in [7, 11) is 0. The lowest BCUT2D eigenvalue weighted by Crippen LogP contribution is -2.65. The second kappa shape index (κ2) is 9.74. The number of aromatic hydroxyl groups is 1. The van der Waals surface area contributed by atoms with Crippen LogP contribution < -0.4 is 16.8 Å². The minimum atomic E-state index is -2.87. The number of nitrogens with one attached hydrogen (secondary N) is 1. The summed E-state index contributed by atoms with van der Waals surface area (Å²) in [6.07, 6.45) is -0.476. The number of fused-ring (bicyclic) bond motifs is 3. The minimum absolute atomic E-state index is 0.0380. The largest absolute Gasteiger partial charge is 0.508 e. The fourth-order valence-corrected chi connectivity index (χ4v) is 5.87. The maximum atomic E-state index is 15.3. The molecule has 0 aliphatic heterocycles. The summed E-state index contributed by atoms with van der Waals surface area (Å²) in [6.45, 7) is 6.15. The summed E-state index contributed by atoms with van der Waals surface area (Å²) in [5.74, 6) is -10.4. The van der Waals surface area contributed by atoms with Crippen LogP contribution in [0.2, 0.25) is 0 Å². The highest BCUT2D eigenvalue weighted by atomic mass is 19.1. The Balaban J connectivity index is 1.81. The van der Waals surface area contributed by atoms with Crippen molar-refractivity contribution in [3.05, 3.63) is 39.9 Å². The molecule has 4 atom stereocenters. The summed E-state index contributed by atoms with van der Waals surface area (Å²) in [5, 5.41) is 46.5. The summed E-state index contributed by atoms with van der Waals surface area (Å²) < 4.78 is 15.3. The van der Waals surface area contributed by atoms with Gasteiger partial charge >= 0.3 is 0 Å². The molecule has 13 heteroatoms. The molecule has 39 heavy (non-hydrogen) atoms. The van der Waals surface area contributed by atoms with Crippen LogP contribution in [0.25, 0.3) is 5.76 Å². The van der Waals surface area contributed by atoms with E-state index in [1.807, 2.05) is 25.7 Å². The van der Waals surface area contributed by atoms with Crippen LogP contribution in [0.3, 0.4) is 0 Å². The van der Waals surface area contributed by atoms with Crippen molar-refractivity contribution in [1.29, 1.82) is 0 Å². The fourth-order valence-electron chi connectivity index (χ4n) is 5.87. The van der Waals surface area contributed by atoms with E-state index in [0.717, 1.165) is 6.07 Å². The first-order valence-electron chi connectivity index (χ1n) is 12.5. The number of halogens is 1. The van der Waals surface area contributed by atoms with E-state index in [9.17, 15) is 39.6 Å².